The molecule has 0 aromatic rings. The van der Waals surface area contributed by atoms with Crippen LogP contribution >= 0.6 is 24.4 Å². The lowest BCUT2D eigenvalue weighted by molar-refractivity contribution is 0.927. The van der Waals surface area contributed by atoms with Crippen molar-refractivity contribution in [2.75, 3.05) is 5.75 Å². The van der Waals surface area contributed by atoms with Crippen LogP contribution in [0.4, 0.5) is 0 Å². The summed E-state index contributed by atoms with van der Waals surface area (Å²) in [5.74, 6) is 1.33. The van der Waals surface area contributed by atoms with E-state index >= 15 is 0 Å². The van der Waals surface area contributed by atoms with Crippen LogP contribution in [0.15, 0.2) is 0 Å². The van der Waals surface area contributed by atoms with Gasteiger partial charge >= 0.3 is 0 Å². The molecule has 36 valence electrons. The number of rotatable bonds is 0. The SMILES string of the molecule is S[C@@H]1CCCS1. The number of thiol groups is 1. The quantitative estimate of drug-likeness (QED) is 0.475. The summed E-state index contributed by atoms with van der Waals surface area (Å²) in [5.41, 5.74) is 0. The summed E-state index contributed by atoms with van der Waals surface area (Å²) < 4.78 is 0.657. The fourth-order valence-corrected chi connectivity index (χ4v) is 2.00. The van der Waals surface area contributed by atoms with E-state index in [4.69, 9.17) is 0 Å². The van der Waals surface area contributed by atoms with Crippen molar-refractivity contribution in [3.8, 4) is 0 Å². The summed E-state index contributed by atoms with van der Waals surface area (Å²) >= 11 is 6.22. The first-order valence-electron chi connectivity index (χ1n) is 2.19. The van der Waals surface area contributed by atoms with Crippen molar-refractivity contribution >= 4 is 24.4 Å². The van der Waals surface area contributed by atoms with Crippen LogP contribution in [0.5, 0.6) is 0 Å². The molecule has 0 nitrogen and oxygen atoms in total. The lowest BCUT2D eigenvalue weighted by Crippen LogP contribution is -1.76. The smallest absolute Gasteiger partial charge is 0.0472 e. The van der Waals surface area contributed by atoms with E-state index in [2.05, 4.69) is 12.6 Å². The molecule has 1 fully saturated rings. The van der Waals surface area contributed by atoms with Crippen LogP contribution < -0.4 is 0 Å². The van der Waals surface area contributed by atoms with E-state index in [1.165, 1.54) is 18.6 Å². The van der Waals surface area contributed by atoms with Crippen LogP contribution in [0.1, 0.15) is 12.8 Å². The van der Waals surface area contributed by atoms with Crippen molar-refractivity contribution < 1.29 is 0 Å². The number of hydrogen-bond donors (Lipinski definition) is 1. The molecule has 1 atom stereocenters. The molecule has 0 amide bonds. The molecule has 0 aromatic heterocycles. The highest BCUT2D eigenvalue weighted by Gasteiger charge is 2.08. The van der Waals surface area contributed by atoms with Crippen LogP contribution in [0.2, 0.25) is 0 Å². The van der Waals surface area contributed by atoms with Gasteiger partial charge in [-0.15, -0.1) is 11.8 Å². The van der Waals surface area contributed by atoms with E-state index in [9.17, 15) is 0 Å². The molecule has 0 saturated carbocycles. The molecular formula is C4H8S2. The molecule has 0 radical (unpaired) electrons. The Morgan fingerprint density at radius 2 is 2.50 bits per heavy atom. The first-order chi connectivity index (χ1) is 2.89. The van der Waals surface area contributed by atoms with Crippen molar-refractivity contribution in [3.05, 3.63) is 0 Å². The molecule has 1 aliphatic heterocycles. The predicted octanol–water partition coefficient (Wildman–Crippen LogP) is 1.77. The molecule has 0 spiro atoms. The van der Waals surface area contributed by atoms with Crippen molar-refractivity contribution in [3.63, 3.8) is 0 Å². The van der Waals surface area contributed by atoms with E-state index in [1.54, 1.807) is 0 Å². The number of hydrogen-bond acceptors (Lipinski definition) is 2. The maximum atomic E-state index is 4.26. The first kappa shape index (κ1) is 4.85. The molecule has 1 heterocycles. The van der Waals surface area contributed by atoms with Gasteiger partial charge in [-0.25, -0.2) is 0 Å². The zero-order valence-corrected chi connectivity index (χ0v) is 5.27. The highest BCUT2D eigenvalue weighted by atomic mass is 32.2. The first-order valence-corrected chi connectivity index (χ1v) is 3.76. The molecule has 1 rings (SSSR count). The Morgan fingerprint density at radius 1 is 1.67 bits per heavy atom. The molecule has 0 aromatic carbocycles. The third-order valence-electron chi connectivity index (χ3n) is 0.906. The zero-order chi connectivity index (χ0) is 4.41. The van der Waals surface area contributed by atoms with E-state index in [0.29, 0.717) is 4.58 Å². The lowest BCUT2D eigenvalue weighted by atomic mass is 10.4. The standard InChI is InChI=1S/C4H8S2/c5-4-2-1-3-6-4/h4-5H,1-3H2/t4-/m0/s1. The van der Waals surface area contributed by atoms with E-state index in [0.717, 1.165) is 0 Å². The van der Waals surface area contributed by atoms with Gasteiger partial charge in [0.2, 0.25) is 0 Å². The maximum absolute atomic E-state index is 4.26. The summed E-state index contributed by atoms with van der Waals surface area (Å²) in [6.45, 7) is 0. The minimum Gasteiger partial charge on any atom is -0.165 e. The van der Waals surface area contributed by atoms with Crippen molar-refractivity contribution in [1.29, 1.82) is 0 Å². The van der Waals surface area contributed by atoms with E-state index < -0.39 is 0 Å². The van der Waals surface area contributed by atoms with Crippen LogP contribution in [-0.2, 0) is 0 Å². The summed E-state index contributed by atoms with van der Waals surface area (Å²) in [5, 5.41) is 0. The van der Waals surface area contributed by atoms with Crippen molar-refractivity contribution in [2.45, 2.75) is 17.4 Å². The van der Waals surface area contributed by atoms with Crippen molar-refractivity contribution in [2.24, 2.45) is 0 Å². The Bertz CT molecular complexity index is 38.8. The lowest BCUT2D eigenvalue weighted by Gasteiger charge is -1.90. The van der Waals surface area contributed by atoms with Gasteiger partial charge in [0.1, 0.15) is 0 Å². The topological polar surface area (TPSA) is 0 Å². The maximum Gasteiger partial charge on any atom is 0.0472 e. The van der Waals surface area contributed by atoms with Crippen LogP contribution in [-0.4, -0.2) is 10.3 Å². The van der Waals surface area contributed by atoms with Gasteiger partial charge in [-0.3, -0.25) is 0 Å². The summed E-state index contributed by atoms with van der Waals surface area (Å²) in [6, 6.07) is 0. The second-order valence-electron chi connectivity index (χ2n) is 1.47. The second kappa shape index (κ2) is 2.12. The average Bonchev–Trinajstić information content (AvgIpc) is 1.86. The molecule has 2 heteroatoms. The molecule has 0 bridgehead atoms. The minimum atomic E-state index is 0.657. The van der Waals surface area contributed by atoms with Gasteiger partial charge < -0.3 is 0 Å². The van der Waals surface area contributed by atoms with Crippen molar-refractivity contribution in [1.82, 2.24) is 0 Å². The van der Waals surface area contributed by atoms with Gasteiger partial charge in [0, 0.05) is 4.58 Å². The Kier molecular flexibility index (Phi) is 1.72. The van der Waals surface area contributed by atoms with Gasteiger partial charge in [-0.1, -0.05) is 0 Å². The summed E-state index contributed by atoms with van der Waals surface area (Å²) in [6.07, 6.45) is 2.69. The molecule has 1 saturated heterocycles. The van der Waals surface area contributed by atoms with Gasteiger partial charge in [0.15, 0.2) is 0 Å². The van der Waals surface area contributed by atoms with E-state index in [1.807, 2.05) is 11.8 Å². The molecule has 0 N–H and O–H groups in total. The van der Waals surface area contributed by atoms with Gasteiger partial charge in [-0.05, 0) is 18.6 Å². The Hall–Kier alpha value is 0.700. The zero-order valence-electron chi connectivity index (χ0n) is 3.55. The van der Waals surface area contributed by atoms with Gasteiger partial charge in [-0.2, -0.15) is 12.6 Å². The molecule has 0 aliphatic carbocycles. The fraction of sp³-hybridized carbons (Fsp3) is 1.00. The number of thioether (sulfide) groups is 1. The van der Waals surface area contributed by atoms with Crippen LogP contribution in [0, 0.1) is 0 Å². The normalized spacial score (nSPS) is 34.5. The molecule has 0 unspecified atom stereocenters. The van der Waals surface area contributed by atoms with E-state index in [-0.39, 0.29) is 0 Å². The monoisotopic (exact) mass is 120 g/mol. The minimum absolute atomic E-state index is 0.657. The Balaban J connectivity index is 2.18. The Morgan fingerprint density at radius 3 is 2.67 bits per heavy atom. The Labute approximate surface area is 48.1 Å². The molecule has 6 heavy (non-hydrogen) atoms. The van der Waals surface area contributed by atoms with Gasteiger partial charge in [0.25, 0.3) is 0 Å². The average molecular weight is 120 g/mol. The van der Waals surface area contributed by atoms with Crippen LogP contribution in [0.3, 0.4) is 0 Å². The third kappa shape index (κ3) is 1.09. The van der Waals surface area contributed by atoms with Gasteiger partial charge in [0.05, 0.1) is 0 Å². The molecular weight excluding hydrogens is 112 g/mol. The van der Waals surface area contributed by atoms with Crippen LogP contribution in [0.25, 0.3) is 0 Å². The fourth-order valence-electron chi connectivity index (χ4n) is 0.561. The predicted molar refractivity (Wildman–Crippen MR) is 34.5 cm³/mol. The summed E-state index contributed by atoms with van der Waals surface area (Å²) in [7, 11) is 0. The summed E-state index contributed by atoms with van der Waals surface area (Å²) in [4.78, 5) is 0. The largest absolute Gasteiger partial charge is 0.165 e. The second-order valence-corrected chi connectivity index (χ2v) is 3.75. The highest BCUT2D eigenvalue weighted by molar-refractivity contribution is 8.10. The third-order valence-corrected chi connectivity index (χ3v) is 2.76. The molecule has 1 aliphatic rings. The highest BCUT2D eigenvalue weighted by Crippen LogP contribution is 2.28.